The molecule has 1 aromatic carbocycles. The van der Waals surface area contributed by atoms with Gasteiger partial charge in [-0.15, -0.1) is 11.8 Å². The van der Waals surface area contributed by atoms with Crippen molar-refractivity contribution in [1.82, 2.24) is 14.1 Å². The van der Waals surface area contributed by atoms with Gasteiger partial charge < -0.3 is 0 Å². The third-order valence-corrected chi connectivity index (χ3v) is 7.49. The summed E-state index contributed by atoms with van der Waals surface area (Å²) >= 11 is 2.03. The maximum absolute atomic E-state index is 11.6. The van der Waals surface area contributed by atoms with E-state index in [2.05, 4.69) is 40.1 Å². The van der Waals surface area contributed by atoms with Gasteiger partial charge in [0.05, 0.1) is 17.8 Å². The molecule has 0 amide bonds. The molecule has 0 aromatic heterocycles. The Balaban J connectivity index is 1.41. The van der Waals surface area contributed by atoms with Crippen molar-refractivity contribution in [2.24, 2.45) is 0 Å². The fraction of sp³-hybridized carbons (Fsp3) is 0.600. The maximum Gasteiger partial charge on any atom is 0.211 e. The van der Waals surface area contributed by atoms with E-state index in [4.69, 9.17) is 0 Å². The molecule has 3 aliphatic rings. The predicted molar refractivity (Wildman–Crippen MR) is 89.0 cm³/mol. The van der Waals surface area contributed by atoms with Crippen LogP contribution in [0.15, 0.2) is 30.3 Å². The van der Waals surface area contributed by atoms with E-state index in [9.17, 15) is 8.42 Å². The minimum absolute atomic E-state index is 0.491. The van der Waals surface area contributed by atoms with Gasteiger partial charge in [-0.3, -0.25) is 9.80 Å². The van der Waals surface area contributed by atoms with Crippen LogP contribution >= 0.6 is 11.8 Å². The third kappa shape index (κ3) is 2.59. The van der Waals surface area contributed by atoms with Crippen LogP contribution in [0.25, 0.3) is 0 Å². The molecule has 3 saturated heterocycles. The van der Waals surface area contributed by atoms with Crippen molar-refractivity contribution in [2.75, 3.05) is 38.2 Å². The molecule has 4 rings (SSSR count). The smallest absolute Gasteiger partial charge is 0.211 e. The van der Waals surface area contributed by atoms with Gasteiger partial charge in [0, 0.05) is 38.0 Å². The zero-order chi connectivity index (χ0) is 15.3. The van der Waals surface area contributed by atoms with Crippen LogP contribution in [0.2, 0.25) is 0 Å². The van der Waals surface area contributed by atoms with E-state index >= 15 is 0 Å². The van der Waals surface area contributed by atoms with Gasteiger partial charge in [-0.25, -0.2) is 8.42 Å². The average molecular weight is 339 g/mol. The van der Waals surface area contributed by atoms with E-state index in [1.165, 1.54) is 11.8 Å². The van der Waals surface area contributed by atoms with Gasteiger partial charge in [-0.1, -0.05) is 30.3 Å². The van der Waals surface area contributed by atoms with Crippen LogP contribution in [0.3, 0.4) is 0 Å². The molecule has 0 radical (unpaired) electrons. The molecule has 22 heavy (non-hydrogen) atoms. The lowest BCUT2D eigenvalue weighted by molar-refractivity contribution is 0.146. The minimum Gasteiger partial charge on any atom is -0.283 e. The van der Waals surface area contributed by atoms with E-state index in [1.807, 2.05) is 11.8 Å². The van der Waals surface area contributed by atoms with Crippen molar-refractivity contribution >= 4 is 21.8 Å². The summed E-state index contributed by atoms with van der Waals surface area (Å²) in [5.74, 6) is 1.16. The molecule has 120 valence electrons. The summed E-state index contributed by atoms with van der Waals surface area (Å²) < 4.78 is 24.8. The fourth-order valence-electron chi connectivity index (χ4n) is 3.63. The van der Waals surface area contributed by atoms with Crippen molar-refractivity contribution in [3.63, 3.8) is 0 Å². The first kappa shape index (κ1) is 15.0. The van der Waals surface area contributed by atoms with Gasteiger partial charge >= 0.3 is 0 Å². The van der Waals surface area contributed by atoms with Gasteiger partial charge in [0.1, 0.15) is 0 Å². The highest BCUT2D eigenvalue weighted by Gasteiger charge is 2.59. The maximum atomic E-state index is 11.6. The van der Waals surface area contributed by atoms with Crippen LogP contribution in [-0.2, 0) is 10.0 Å². The Kier molecular flexibility index (Phi) is 3.73. The molecule has 3 fully saturated rings. The SMILES string of the molecule is CS(=O)(=O)N1CCN(C2C3SCC(c4ccccc4)[N@@]32)CC1. The normalized spacial score (nSPS) is 36.2. The number of benzene rings is 1. The summed E-state index contributed by atoms with van der Waals surface area (Å²) in [7, 11) is -3.04. The number of nitrogens with zero attached hydrogens (tertiary/aromatic N) is 3. The number of sulfonamides is 1. The van der Waals surface area contributed by atoms with Crippen molar-refractivity contribution in [3.05, 3.63) is 35.9 Å². The van der Waals surface area contributed by atoms with Crippen LogP contribution in [-0.4, -0.2) is 72.3 Å². The quantitative estimate of drug-likeness (QED) is 0.770. The molecule has 3 aliphatic heterocycles. The van der Waals surface area contributed by atoms with Crippen LogP contribution in [0.1, 0.15) is 11.6 Å². The average Bonchev–Trinajstić information content (AvgIpc) is 3.07. The Labute approximate surface area is 136 Å². The van der Waals surface area contributed by atoms with Crippen molar-refractivity contribution in [3.8, 4) is 0 Å². The molecule has 0 aliphatic carbocycles. The molecule has 1 aromatic rings. The predicted octanol–water partition coefficient (Wildman–Crippen LogP) is 1.02. The molecular weight excluding hydrogens is 318 g/mol. The fourth-order valence-corrected chi connectivity index (χ4v) is 6.06. The molecule has 0 spiro atoms. The van der Waals surface area contributed by atoms with Crippen molar-refractivity contribution < 1.29 is 8.42 Å². The van der Waals surface area contributed by atoms with E-state index in [-0.39, 0.29) is 0 Å². The molecule has 4 atom stereocenters. The number of fused-ring (bicyclic) bond motifs is 1. The molecule has 5 nitrogen and oxygen atoms in total. The molecule has 0 saturated carbocycles. The first-order chi connectivity index (χ1) is 10.6. The molecule has 0 bridgehead atoms. The van der Waals surface area contributed by atoms with Crippen LogP contribution in [0.4, 0.5) is 0 Å². The summed E-state index contributed by atoms with van der Waals surface area (Å²) in [5.41, 5.74) is 1.40. The third-order valence-electron chi connectivity index (χ3n) is 4.85. The van der Waals surface area contributed by atoms with Crippen LogP contribution < -0.4 is 0 Å². The highest BCUT2D eigenvalue weighted by molar-refractivity contribution is 8.00. The zero-order valence-corrected chi connectivity index (χ0v) is 14.3. The Bertz CT molecular complexity index is 644. The summed E-state index contributed by atoms with van der Waals surface area (Å²) in [5, 5.41) is 0.593. The summed E-state index contributed by atoms with van der Waals surface area (Å²) in [6.45, 7) is 2.92. The second-order valence-electron chi connectivity index (χ2n) is 6.21. The van der Waals surface area contributed by atoms with Gasteiger partial charge in [0.2, 0.25) is 10.0 Å². The second kappa shape index (κ2) is 5.49. The largest absolute Gasteiger partial charge is 0.283 e. The Hall–Kier alpha value is -0.600. The van der Waals surface area contributed by atoms with Gasteiger partial charge in [0.15, 0.2) is 0 Å². The van der Waals surface area contributed by atoms with E-state index in [0.29, 0.717) is 30.7 Å². The molecule has 7 heteroatoms. The lowest BCUT2D eigenvalue weighted by Crippen LogP contribution is -2.50. The summed E-state index contributed by atoms with van der Waals surface area (Å²) in [4.78, 5) is 5.03. The van der Waals surface area contributed by atoms with Crippen molar-refractivity contribution in [2.45, 2.75) is 17.6 Å². The number of hydrogen-bond donors (Lipinski definition) is 0. The van der Waals surface area contributed by atoms with Crippen LogP contribution in [0, 0.1) is 0 Å². The molecule has 0 N–H and O–H groups in total. The second-order valence-corrected chi connectivity index (χ2v) is 9.34. The standard InChI is InChI=1S/C15H21N3O2S2/c1-22(19,20)17-9-7-16(8-10-17)14-15-18(14)13(11-21-15)12-5-3-2-4-6-12/h2-6,13-15H,7-11H2,1H3/t13?,14?,15?,18-/m1/s1. The van der Waals surface area contributed by atoms with Crippen LogP contribution in [0.5, 0.6) is 0 Å². The number of hydrogen-bond acceptors (Lipinski definition) is 5. The monoisotopic (exact) mass is 339 g/mol. The minimum atomic E-state index is -3.04. The van der Waals surface area contributed by atoms with Gasteiger partial charge in [-0.05, 0) is 5.56 Å². The first-order valence-corrected chi connectivity index (χ1v) is 10.6. The van der Waals surface area contributed by atoms with Gasteiger partial charge in [-0.2, -0.15) is 4.31 Å². The lowest BCUT2D eigenvalue weighted by atomic mass is 10.1. The zero-order valence-electron chi connectivity index (χ0n) is 12.6. The Morgan fingerprint density at radius 2 is 1.77 bits per heavy atom. The highest BCUT2D eigenvalue weighted by atomic mass is 32.2. The molecule has 3 heterocycles. The lowest BCUT2D eigenvalue weighted by Gasteiger charge is -2.34. The number of rotatable bonds is 3. The highest BCUT2D eigenvalue weighted by Crippen LogP contribution is 2.54. The molecule has 3 unspecified atom stereocenters. The Morgan fingerprint density at radius 1 is 1.09 bits per heavy atom. The summed E-state index contributed by atoms with van der Waals surface area (Å²) in [6, 6.07) is 11.2. The topological polar surface area (TPSA) is 43.6 Å². The molecular formula is C15H21N3O2S2. The van der Waals surface area contributed by atoms with E-state index < -0.39 is 10.0 Å². The number of piperazine rings is 1. The van der Waals surface area contributed by atoms with E-state index in [0.717, 1.165) is 18.8 Å². The first-order valence-electron chi connectivity index (χ1n) is 7.69. The van der Waals surface area contributed by atoms with E-state index in [1.54, 1.807) is 4.31 Å². The van der Waals surface area contributed by atoms with Gasteiger partial charge in [0.25, 0.3) is 0 Å². The Morgan fingerprint density at radius 3 is 2.41 bits per heavy atom. The number of thioether (sulfide) groups is 1. The summed E-state index contributed by atoms with van der Waals surface area (Å²) in [6.07, 6.45) is 1.80. The van der Waals surface area contributed by atoms with Crippen molar-refractivity contribution in [1.29, 1.82) is 0 Å².